The zero-order valence-electron chi connectivity index (χ0n) is 12.7. The molecule has 0 aliphatic heterocycles. The van der Waals surface area contributed by atoms with Gasteiger partial charge in [0.2, 0.25) is 17.7 Å². The first-order valence-electron chi connectivity index (χ1n) is 6.82. The molecule has 2 atom stereocenters. The highest BCUT2D eigenvalue weighted by molar-refractivity contribution is 5.92. The summed E-state index contributed by atoms with van der Waals surface area (Å²) in [6.45, 7) is -2.01. The fraction of sp³-hybridized carbons (Fsp3) is 0.583. The molecule has 0 aromatic rings. The summed E-state index contributed by atoms with van der Waals surface area (Å²) in [4.78, 5) is 55.3. The number of hydrogen-bond donors (Lipinski definition) is 7. The van der Waals surface area contributed by atoms with Gasteiger partial charge >= 0.3 is 11.9 Å². The largest absolute Gasteiger partial charge is 0.481 e. The third kappa shape index (κ3) is 9.32. The van der Waals surface area contributed by atoms with Crippen molar-refractivity contribution in [2.75, 3.05) is 19.7 Å². The molecular weight excluding hydrogens is 328 g/mol. The third-order valence-electron chi connectivity index (χ3n) is 2.68. The quantitative estimate of drug-likeness (QED) is 0.193. The molecule has 0 rings (SSSR count). The van der Waals surface area contributed by atoms with Crippen molar-refractivity contribution in [1.82, 2.24) is 16.0 Å². The van der Waals surface area contributed by atoms with E-state index in [9.17, 15) is 24.0 Å². The maximum atomic E-state index is 11.6. The van der Waals surface area contributed by atoms with Crippen LogP contribution in [0.15, 0.2) is 0 Å². The summed E-state index contributed by atoms with van der Waals surface area (Å²) < 4.78 is 0. The normalized spacial score (nSPS) is 12.6. The Kier molecular flexibility index (Phi) is 9.67. The summed E-state index contributed by atoms with van der Waals surface area (Å²) >= 11 is 0. The topological polar surface area (TPSA) is 208 Å². The van der Waals surface area contributed by atoms with Crippen LogP contribution in [0.3, 0.4) is 0 Å². The van der Waals surface area contributed by atoms with Crippen LogP contribution in [0, 0.1) is 0 Å². The molecule has 0 fully saturated rings. The lowest BCUT2D eigenvalue weighted by Crippen LogP contribution is -2.53. The predicted molar refractivity (Wildman–Crippen MR) is 77.5 cm³/mol. The van der Waals surface area contributed by atoms with Crippen molar-refractivity contribution in [1.29, 1.82) is 0 Å². The van der Waals surface area contributed by atoms with Crippen LogP contribution in [0.2, 0.25) is 0 Å². The molecule has 0 aliphatic rings. The Morgan fingerprint density at radius 2 is 1.50 bits per heavy atom. The maximum absolute atomic E-state index is 11.6. The number of nitrogens with one attached hydrogen (secondary N) is 3. The van der Waals surface area contributed by atoms with E-state index in [4.69, 9.17) is 21.1 Å². The smallest absolute Gasteiger partial charge is 0.322 e. The van der Waals surface area contributed by atoms with Gasteiger partial charge in [0, 0.05) is 6.42 Å². The number of carboxylic acid groups (broad SMARTS) is 2. The Labute approximate surface area is 136 Å². The van der Waals surface area contributed by atoms with Crippen LogP contribution >= 0.6 is 0 Å². The highest BCUT2D eigenvalue weighted by Crippen LogP contribution is 1.94. The molecule has 0 saturated heterocycles. The Hall–Kier alpha value is -2.73. The molecule has 0 spiro atoms. The van der Waals surface area contributed by atoms with Gasteiger partial charge in [0.25, 0.3) is 0 Å². The molecule has 0 saturated carbocycles. The van der Waals surface area contributed by atoms with Crippen LogP contribution in [0.25, 0.3) is 0 Å². The summed E-state index contributed by atoms with van der Waals surface area (Å²) in [6, 6.07) is -2.49. The molecule has 0 heterocycles. The minimum absolute atomic E-state index is 0.111. The summed E-state index contributed by atoms with van der Waals surface area (Å²) in [5, 5.41) is 32.1. The van der Waals surface area contributed by atoms with E-state index in [0.29, 0.717) is 0 Å². The molecule has 136 valence electrons. The molecule has 24 heavy (non-hydrogen) atoms. The van der Waals surface area contributed by atoms with Crippen LogP contribution in [0.1, 0.15) is 12.8 Å². The Morgan fingerprint density at radius 3 is 2.00 bits per heavy atom. The molecule has 12 nitrogen and oxygen atoms in total. The molecule has 8 N–H and O–H groups in total. The van der Waals surface area contributed by atoms with E-state index in [-0.39, 0.29) is 12.8 Å². The van der Waals surface area contributed by atoms with E-state index in [2.05, 4.69) is 10.6 Å². The zero-order valence-corrected chi connectivity index (χ0v) is 12.7. The van der Waals surface area contributed by atoms with Crippen LogP contribution < -0.4 is 21.7 Å². The number of aliphatic hydroxyl groups is 1. The van der Waals surface area contributed by atoms with Crippen LogP contribution in [0.4, 0.5) is 0 Å². The van der Waals surface area contributed by atoms with E-state index in [1.807, 2.05) is 5.32 Å². The number of rotatable bonds is 11. The number of hydrogen-bond acceptors (Lipinski definition) is 7. The van der Waals surface area contributed by atoms with Crippen molar-refractivity contribution >= 4 is 29.7 Å². The fourth-order valence-corrected chi connectivity index (χ4v) is 1.43. The van der Waals surface area contributed by atoms with Gasteiger partial charge < -0.3 is 37.0 Å². The Bertz CT molecular complexity index is 495. The van der Waals surface area contributed by atoms with E-state index in [1.54, 1.807) is 0 Å². The molecule has 3 amide bonds. The fourth-order valence-electron chi connectivity index (χ4n) is 1.43. The van der Waals surface area contributed by atoms with Gasteiger partial charge in [-0.15, -0.1) is 0 Å². The van der Waals surface area contributed by atoms with Crippen LogP contribution in [-0.2, 0) is 24.0 Å². The first-order chi connectivity index (χ1) is 11.2. The Morgan fingerprint density at radius 1 is 0.917 bits per heavy atom. The van der Waals surface area contributed by atoms with Gasteiger partial charge in [-0.2, -0.15) is 0 Å². The highest BCUT2D eigenvalue weighted by Gasteiger charge is 2.21. The minimum Gasteiger partial charge on any atom is -0.481 e. The molecule has 0 bridgehead atoms. The molecule has 2 unspecified atom stereocenters. The van der Waals surface area contributed by atoms with Gasteiger partial charge in [0.05, 0.1) is 19.2 Å². The number of amides is 3. The molecule has 0 radical (unpaired) electrons. The van der Waals surface area contributed by atoms with Crippen LogP contribution in [0.5, 0.6) is 0 Å². The first-order valence-corrected chi connectivity index (χ1v) is 6.82. The lowest BCUT2D eigenvalue weighted by molar-refractivity contribution is -0.139. The number of carbonyl (C=O) groups excluding carboxylic acids is 3. The molecule has 12 heteroatoms. The second-order valence-corrected chi connectivity index (χ2v) is 4.67. The number of carbonyl (C=O) groups is 5. The van der Waals surface area contributed by atoms with Gasteiger partial charge in [-0.3, -0.25) is 24.0 Å². The molecule has 0 aliphatic carbocycles. The second-order valence-electron chi connectivity index (χ2n) is 4.67. The zero-order chi connectivity index (χ0) is 18.7. The Balaban J connectivity index is 4.25. The van der Waals surface area contributed by atoms with Crippen molar-refractivity contribution in [3.05, 3.63) is 0 Å². The van der Waals surface area contributed by atoms with Gasteiger partial charge in [-0.25, -0.2) is 0 Å². The van der Waals surface area contributed by atoms with Gasteiger partial charge in [0.15, 0.2) is 0 Å². The van der Waals surface area contributed by atoms with E-state index >= 15 is 0 Å². The molecule has 0 aromatic heterocycles. The number of nitrogens with two attached hydrogens (primary N) is 1. The van der Waals surface area contributed by atoms with Crippen molar-refractivity contribution < 1.29 is 39.3 Å². The molecular formula is C12H20N4O8. The average molecular weight is 348 g/mol. The third-order valence-corrected chi connectivity index (χ3v) is 2.68. The number of carboxylic acids is 2. The van der Waals surface area contributed by atoms with Crippen molar-refractivity contribution in [3.63, 3.8) is 0 Å². The van der Waals surface area contributed by atoms with E-state index < -0.39 is 61.4 Å². The summed E-state index contributed by atoms with van der Waals surface area (Å²) in [5.74, 6) is -4.89. The maximum Gasteiger partial charge on any atom is 0.322 e. The van der Waals surface area contributed by atoms with Crippen molar-refractivity contribution in [2.24, 2.45) is 5.73 Å². The van der Waals surface area contributed by atoms with E-state index in [0.717, 1.165) is 0 Å². The highest BCUT2D eigenvalue weighted by atomic mass is 16.4. The summed E-state index contributed by atoms with van der Waals surface area (Å²) in [6.07, 6.45) is -0.420. The SMILES string of the molecule is NC(CCC(=O)O)C(=O)NCC(=O)NC(CO)C(=O)NCC(=O)O. The number of aliphatic hydroxyl groups excluding tert-OH is 1. The predicted octanol–water partition coefficient (Wildman–Crippen LogP) is -4.03. The lowest BCUT2D eigenvalue weighted by atomic mass is 10.1. The summed E-state index contributed by atoms with van der Waals surface area (Å²) in [7, 11) is 0. The lowest BCUT2D eigenvalue weighted by Gasteiger charge is -2.16. The van der Waals surface area contributed by atoms with Crippen molar-refractivity contribution in [2.45, 2.75) is 24.9 Å². The van der Waals surface area contributed by atoms with Crippen molar-refractivity contribution in [3.8, 4) is 0 Å². The summed E-state index contributed by atoms with van der Waals surface area (Å²) in [5.41, 5.74) is 5.43. The monoisotopic (exact) mass is 348 g/mol. The standard InChI is InChI=1S/C12H20N4O8/c13-6(1-2-9(19)20)11(23)14-3-8(18)16-7(5-17)12(24)15-4-10(21)22/h6-7,17H,1-5,13H2,(H,14,23)(H,15,24)(H,16,18)(H,19,20)(H,21,22). The minimum atomic E-state index is -1.38. The van der Waals surface area contributed by atoms with Gasteiger partial charge in [-0.05, 0) is 6.42 Å². The van der Waals surface area contributed by atoms with E-state index in [1.165, 1.54) is 0 Å². The van der Waals surface area contributed by atoms with Gasteiger partial charge in [-0.1, -0.05) is 0 Å². The number of aliphatic carboxylic acids is 2. The van der Waals surface area contributed by atoms with Crippen LogP contribution in [-0.4, -0.2) is 76.8 Å². The molecule has 0 aromatic carbocycles. The first kappa shape index (κ1) is 21.3. The second kappa shape index (κ2) is 10.9. The van der Waals surface area contributed by atoms with Gasteiger partial charge in [0.1, 0.15) is 12.6 Å². The average Bonchev–Trinajstić information content (AvgIpc) is 2.52.